The van der Waals surface area contributed by atoms with Crippen molar-refractivity contribution in [2.45, 2.75) is 57.4 Å². The summed E-state index contributed by atoms with van der Waals surface area (Å²) < 4.78 is 18.3. The lowest BCUT2D eigenvalue weighted by Gasteiger charge is -2.37. The fraction of sp³-hybridized carbons (Fsp3) is 0.480. The molecule has 0 heterocycles. The second-order valence-corrected chi connectivity index (χ2v) is 8.75. The van der Waals surface area contributed by atoms with E-state index < -0.39 is 0 Å². The minimum atomic E-state index is -0.303. The summed E-state index contributed by atoms with van der Waals surface area (Å²) in [6.07, 6.45) is 8.64. The highest BCUT2D eigenvalue weighted by Gasteiger charge is 2.40. The van der Waals surface area contributed by atoms with Crippen LogP contribution in [0.4, 0.5) is 4.39 Å². The lowest BCUT2D eigenvalue weighted by atomic mass is 9.70. The Morgan fingerprint density at radius 2 is 1.80 bits per heavy atom. The third-order valence-electron chi connectivity index (χ3n) is 6.77. The second-order valence-electron chi connectivity index (χ2n) is 8.75. The molecule has 0 saturated heterocycles. The van der Waals surface area contributed by atoms with E-state index in [1.165, 1.54) is 61.8 Å². The van der Waals surface area contributed by atoms with E-state index in [1.807, 2.05) is 0 Å². The zero-order valence-electron chi connectivity index (χ0n) is 17.6. The number of rotatable bonds is 7. The van der Waals surface area contributed by atoms with Crippen molar-refractivity contribution in [3.05, 3.63) is 65.0 Å². The Morgan fingerprint density at radius 1 is 1.10 bits per heavy atom. The Labute approximate surface area is 184 Å². The summed E-state index contributed by atoms with van der Waals surface area (Å²) in [5, 5.41) is 3.65. The van der Waals surface area contributed by atoms with Crippen LogP contribution in [0.2, 0.25) is 0 Å². The van der Waals surface area contributed by atoms with E-state index >= 15 is 0 Å². The molecule has 1 N–H and O–H groups in total. The molecule has 1 spiro atoms. The standard InChI is InChI=1S/C25H30FNO2.ClH/c1-29-23-9-6-19-16-25(17-20(19)15-23)12-10-22(11-13-25)27-14-2-3-24(28)18-4-7-21(26)8-5-18;/h4-9,15,22,27H,2-3,10-14,16-17H2,1H3;1H. The monoisotopic (exact) mass is 431 g/mol. The quantitative estimate of drug-likeness (QED) is 0.462. The fourth-order valence-corrected chi connectivity index (χ4v) is 5.06. The molecule has 1 saturated carbocycles. The van der Waals surface area contributed by atoms with Crippen LogP contribution in [-0.2, 0) is 12.8 Å². The molecule has 162 valence electrons. The van der Waals surface area contributed by atoms with Gasteiger partial charge in [-0.25, -0.2) is 4.39 Å². The molecule has 0 aliphatic heterocycles. The number of ether oxygens (including phenoxy) is 1. The molecule has 2 aromatic rings. The molecule has 2 aliphatic carbocycles. The number of nitrogens with one attached hydrogen (secondary N) is 1. The van der Waals surface area contributed by atoms with Crippen LogP contribution in [0.25, 0.3) is 0 Å². The molecule has 3 nitrogen and oxygen atoms in total. The SMILES string of the molecule is COc1ccc2c(c1)CC1(CCC(NCCCC(=O)c3ccc(F)cc3)CC1)C2.Cl. The number of methoxy groups -OCH3 is 1. The molecular formula is C25H31ClFNO2. The molecule has 0 aromatic heterocycles. The number of halogens is 2. The van der Waals surface area contributed by atoms with E-state index in [0.717, 1.165) is 18.7 Å². The van der Waals surface area contributed by atoms with Crippen LogP contribution in [-0.4, -0.2) is 25.5 Å². The largest absolute Gasteiger partial charge is 0.497 e. The predicted molar refractivity (Wildman–Crippen MR) is 120 cm³/mol. The van der Waals surface area contributed by atoms with Crippen molar-refractivity contribution in [1.82, 2.24) is 5.32 Å². The molecule has 2 aromatic carbocycles. The van der Waals surface area contributed by atoms with E-state index in [9.17, 15) is 9.18 Å². The van der Waals surface area contributed by atoms with Gasteiger partial charge in [0, 0.05) is 18.0 Å². The van der Waals surface area contributed by atoms with Crippen molar-refractivity contribution in [1.29, 1.82) is 0 Å². The first-order valence-corrected chi connectivity index (χ1v) is 10.7. The summed E-state index contributed by atoms with van der Waals surface area (Å²) in [5.41, 5.74) is 4.00. The fourth-order valence-electron chi connectivity index (χ4n) is 5.06. The first kappa shape index (κ1) is 22.8. The number of carbonyl (C=O) groups is 1. The van der Waals surface area contributed by atoms with Crippen molar-refractivity contribution in [2.24, 2.45) is 5.41 Å². The predicted octanol–water partition coefficient (Wildman–Crippen LogP) is 5.54. The molecule has 2 aliphatic rings. The number of ketones is 1. The van der Waals surface area contributed by atoms with Crippen LogP contribution in [0, 0.1) is 11.2 Å². The van der Waals surface area contributed by atoms with Gasteiger partial charge in [0.1, 0.15) is 11.6 Å². The topological polar surface area (TPSA) is 38.3 Å². The van der Waals surface area contributed by atoms with Crippen LogP contribution in [0.5, 0.6) is 5.75 Å². The van der Waals surface area contributed by atoms with E-state index in [4.69, 9.17) is 4.74 Å². The van der Waals surface area contributed by atoms with Gasteiger partial charge in [0.25, 0.3) is 0 Å². The molecule has 0 atom stereocenters. The summed E-state index contributed by atoms with van der Waals surface area (Å²) >= 11 is 0. The summed E-state index contributed by atoms with van der Waals surface area (Å²) in [6, 6.07) is 12.9. The molecule has 5 heteroatoms. The first-order valence-electron chi connectivity index (χ1n) is 10.7. The van der Waals surface area contributed by atoms with E-state index in [1.54, 1.807) is 19.2 Å². The lowest BCUT2D eigenvalue weighted by Crippen LogP contribution is -2.38. The molecule has 30 heavy (non-hydrogen) atoms. The molecule has 0 radical (unpaired) electrons. The molecule has 1 fully saturated rings. The zero-order valence-corrected chi connectivity index (χ0v) is 18.4. The van der Waals surface area contributed by atoms with Crippen molar-refractivity contribution in [2.75, 3.05) is 13.7 Å². The average Bonchev–Trinajstić information content (AvgIpc) is 3.09. The third kappa shape index (κ3) is 5.22. The first-order chi connectivity index (χ1) is 14.1. The highest BCUT2D eigenvalue weighted by Crippen LogP contribution is 2.47. The maximum Gasteiger partial charge on any atom is 0.162 e. The van der Waals surface area contributed by atoms with Crippen molar-refractivity contribution in [3.63, 3.8) is 0 Å². The lowest BCUT2D eigenvalue weighted by molar-refractivity contribution is 0.0979. The third-order valence-corrected chi connectivity index (χ3v) is 6.77. The summed E-state index contributed by atoms with van der Waals surface area (Å²) in [7, 11) is 1.73. The molecule has 4 rings (SSSR count). The second kappa shape index (κ2) is 9.93. The van der Waals surface area contributed by atoms with Gasteiger partial charge >= 0.3 is 0 Å². The van der Waals surface area contributed by atoms with Crippen molar-refractivity contribution in [3.8, 4) is 5.75 Å². The summed E-state index contributed by atoms with van der Waals surface area (Å²) in [5.74, 6) is 0.752. The van der Waals surface area contributed by atoms with Gasteiger partial charge in [0.2, 0.25) is 0 Å². The molecular weight excluding hydrogens is 401 g/mol. The van der Waals surface area contributed by atoms with Crippen LogP contribution in [0.15, 0.2) is 42.5 Å². The number of carbonyl (C=O) groups excluding carboxylic acids is 1. The smallest absolute Gasteiger partial charge is 0.162 e. The maximum absolute atomic E-state index is 13.0. The van der Waals surface area contributed by atoms with Crippen LogP contribution in [0.1, 0.15) is 60.0 Å². The van der Waals surface area contributed by atoms with Crippen molar-refractivity contribution < 1.29 is 13.9 Å². The number of fused-ring (bicyclic) bond motifs is 1. The summed E-state index contributed by atoms with van der Waals surface area (Å²) in [4.78, 5) is 12.2. The van der Waals surface area contributed by atoms with Gasteiger partial charge in [0.05, 0.1) is 7.11 Å². The molecule has 0 amide bonds. The minimum Gasteiger partial charge on any atom is -0.497 e. The van der Waals surface area contributed by atoms with Gasteiger partial charge < -0.3 is 10.1 Å². The summed E-state index contributed by atoms with van der Waals surface area (Å²) in [6.45, 7) is 0.863. The number of hydrogen-bond acceptors (Lipinski definition) is 3. The number of benzene rings is 2. The van der Waals surface area contributed by atoms with Gasteiger partial charge in [-0.05, 0) is 104 Å². The Kier molecular flexibility index (Phi) is 7.54. The minimum absolute atomic E-state index is 0. The highest BCUT2D eigenvalue weighted by atomic mass is 35.5. The van der Waals surface area contributed by atoms with Gasteiger partial charge in [-0.15, -0.1) is 12.4 Å². The zero-order chi connectivity index (χ0) is 20.3. The van der Waals surface area contributed by atoms with E-state index in [-0.39, 0.29) is 24.0 Å². The Hall–Kier alpha value is -1.91. The highest BCUT2D eigenvalue weighted by molar-refractivity contribution is 5.95. The Balaban J connectivity index is 0.00000256. The van der Waals surface area contributed by atoms with Gasteiger partial charge in [-0.1, -0.05) is 6.07 Å². The Bertz CT molecular complexity index is 860. The van der Waals surface area contributed by atoms with Gasteiger partial charge in [0.15, 0.2) is 5.78 Å². The Morgan fingerprint density at radius 3 is 2.50 bits per heavy atom. The maximum atomic E-state index is 13.0. The van der Waals surface area contributed by atoms with Crippen LogP contribution < -0.4 is 10.1 Å². The normalized spacial score (nSPS) is 22.4. The van der Waals surface area contributed by atoms with Crippen LogP contribution in [0.3, 0.4) is 0 Å². The average molecular weight is 432 g/mol. The van der Waals surface area contributed by atoms with E-state index in [0.29, 0.717) is 23.4 Å². The van der Waals surface area contributed by atoms with Gasteiger partial charge in [-0.3, -0.25) is 4.79 Å². The molecule has 0 unspecified atom stereocenters. The van der Waals surface area contributed by atoms with Crippen LogP contribution >= 0.6 is 12.4 Å². The van der Waals surface area contributed by atoms with Gasteiger partial charge in [-0.2, -0.15) is 0 Å². The van der Waals surface area contributed by atoms with E-state index in [2.05, 4.69) is 23.5 Å². The number of hydrogen-bond donors (Lipinski definition) is 1. The molecule has 0 bridgehead atoms. The van der Waals surface area contributed by atoms with Crippen molar-refractivity contribution >= 4 is 18.2 Å². The number of Topliss-reactive ketones (excluding diaryl/α,β-unsaturated/α-hetero) is 1.